The number of carbonyl (C=O) groups is 2. The van der Waals surface area contributed by atoms with Gasteiger partial charge in [0.2, 0.25) is 5.78 Å². The predicted octanol–water partition coefficient (Wildman–Crippen LogP) is 4.71. The number of nitrogens with zero attached hydrogens (tertiary/aromatic N) is 1. The summed E-state index contributed by atoms with van der Waals surface area (Å²) >= 11 is 0. The van der Waals surface area contributed by atoms with E-state index in [1.807, 2.05) is 30.3 Å². The number of benzene rings is 3. The molecule has 0 saturated heterocycles. The lowest BCUT2D eigenvalue weighted by Crippen LogP contribution is -2.13. The lowest BCUT2D eigenvalue weighted by atomic mass is 9.96. The molecule has 4 rings (SSSR count). The van der Waals surface area contributed by atoms with E-state index in [0.717, 1.165) is 5.39 Å². The Morgan fingerprint density at radius 1 is 0.750 bits per heavy atom. The monoisotopic (exact) mass is 367 g/mol. The summed E-state index contributed by atoms with van der Waals surface area (Å²) in [4.78, 5) is 30.9. The number of para-hydroxylation sites is 1. The minimum atomic E-state index is -0.298. The first-order chi connectivity index (χ1) is 13.7. The van der Waals surface area contributed by atoms with Gasteiger partial charge in [0.1, 0.15) is 11.4 Å². The van der Waals surface area contributed by atoms with Crippen molar-refractivity contribution < 1.29 is 14.3 Å². The van der Waals surface area contributed by atoms with Gasteiger partial charge in [0, 0.05) is 16.5 Å². The van der Waals surface area contributed by atoms with Crippen molar-refractivity contribution in [3.8, 4) is 5.75 Å². The van der Waals surface area contributed by atoms with Crippen molar-refractivity contribution in [1.82, 2.24) is 4.98 Å². The van der Waals surface area contributed by atoms with Gasteiger partial charge in [0.15, 0.2) is 5.78 Å². The zero-order valence-electron chi connectivity index (χ0n) is 15.3. The van der Waals surface area contributed by atoms with Crippen LogP contribution in [-0.2, 0) is 0 Å². The molecule has 0 saturated carbocycles. The molecular weight excluding hydrogens is 350 g/mol. The smallest absolute Gasteiger partial charge is 0.212 e. The van der Waals surface area contributed by atoms with Gasteiger partial charge in [0.05, 0.1) is 18.2 Å². The molecule has 1 aromatic heterocycles. The van der Waals surface area contributed by atoms with Crippen LogP contribution in [0.15, 0.2) is 84.9 Å². The first-order valence-electron chi connectivity index (χ1n) is 8.85. The Morgan fingerprint density at radius 2 is 1.39 bits per heavy atom. The van der Waals surface area contributed by atoms with Crippen molar-refractivity contribution in [2.24, 2.45) is 0 Å². The maximum Gasteiger partial charge on any atom is 0.212 e. The molecule has 3 aromatic carbocycles. The van der Waals surface area contributed by atoms with Crippen LogP contribution in [0, 0.1) is 0 Å². The average molecular weight is 367 g/mol. The topological polar surface area (TPSA) is 56.3 Å². The normalized spacial score (nSPS) is 10.6. The fourth-order valence-corrected chi connectivity index (χ4v) is 3.09. The summed E-state index contributed by atoms with van der Waals surface area (Å²) in [7, 11) is 1.57. The van der Waals surface area contributed by atoms with Gasteiger partial charge in [-0.15, -0.1) is 0 Å². The van der Waals surface area contributed by atoms with E-state index in [1.54, 1.807) is 61.7 Å². The van der Waals surface area contributed by atoms with Crippen molar-refractivity contribution in [2.45, 2.75) is 0 Å². The first kappa shape index (κ1) is 17.6. The fraction of sp³-hybridized carbons (Fsp3) is 0.0417. The molecule has 0 unspecified atom stereocenters. The zero-order valence-corrected chi connectivity index (χ0v) is 15.3. The summed E-state index contributed by atoms with van der Waals surface area (Å²) in [6, 6.07) is 24.9. The standard InChI is InChI=1S/C24H17NO3/c1-28-19-13-11-17(12-14-19)24(27)22-20(23(26)16-7-3-2-4-8-16)15-18-9-5-6-10-21(18)25-22/h2-15H,1H3. The second-order valence-corrected chi connectivity index (χ2v) is 6.33. The number of rotatable bonds is 5. The van der Waals surface area contributed by atoms with Crippen molar-refractivity contribution in [1.29, 1.82) is 0 Å². The van der Waals surface area contributed by atoms with E-state index in [2.05, 4.69) is 4.98 Å². The second kappa shape index (κ2) is 7.45. The SMILES string of the molecule is COc1ccc(C(=O)c2nc3ccccc3cc2C(=O)c2ccccc2)cc1. The molecule has 4 heteroatoms. The van der Waals surface area contributed by atoms with Gasteiger partial charge in [0.25, 0.3) is 0 Å². The van der Waals surface area contributed by atoms with Crippen molar-refractivity contribution in [3.05, 3.63) is 107 Å². The highest BCUT2D eigenvalue weighted by atomic mass is 16.5. The first-order valence-corrected chi connectivity index (χ1v) is 8.85. The average Bonchev–Trinajstić information content (AvgIpc) is 2.78. The molecular formula is C24H17NO3. The highest BCUT2D eigenvalue weighted by Crippen LogP contribution is 2.23. The van der Waals surface area contributed by atoms with Crippen LogP contribution in [0.3, 0.4) is 0 Å². The van der Waals surface area contributed by atoms with Crippen LogP contribution in [0.25, 0.3) is 10.9 Å². The Kier molecular flexibility index (Phi) is 4.68. The Bertz CT molecular complexity index is 1170. The van der Waals surface area contributed by atoms with Crippen LogP contribution >= 0.6 is 0 Å². The molecule has 1 heterocycles. The third kappa shape index (κ3) is 3.28. The highest BCUT2D eigenvalue weighted by Gasteiger charge is 2.22. The zero-order chi connectivity index (χ0) is 19.5. The number of ether oxygens (including phenoxy) is 1. The minimum absolute atomic E-state index is 0.151. The van der Waals surface area contributed by atoms with Crippen LogP contribution < -0.4 is 4.74 Å². The number of methoxy groups -OCH3 is 1. The molecule has 0 amide bonds. The summed E-state index contributed by atoms with van der Waals surface area (Å²) in [5.74, 6) is 0.131. The van der Waals surface area contributed by atoms with E-state index in [1.165, 1.54) is 0 Å². The molecule has 28 heavy (non-hydrogen) atoms. The maximum atomic E-state index is 13.2. The molecule has 136 valence electrons. The Morgan fingerprint density at radius 3 is 2.11 bits per heavy atom. The largest absolute Gasteiger partial charge is 0.497 e. The third-order valence-electron chi connectivity index (χ3n) is 4.57. The van der Waals surface area contributed by atoms with Crippen molar-refractivity contribution >= 4 is 22.5 Å². The third-order valence-corrected chi connectivity index (χ3v) is 4.57. The Hall–Kier alpha value is -3.79. The van der Waals surface area contributed by atoms with Gasteiger partial charge < -0.3 is 4.74 Å². The number of ketones is 2. The van der Waals surface area contributed by atoms with Crippen LogP contribution in [-0.4, -0.2) is 23.7 Å². The van der Waals surface area contributed by atoms with Crippen molar-refractivity contribution in [2.75, 3.05) is 7.11 Å². The summed E-state index contributed by atoms with van der Waals surface area (Å²) in [5.41, 5.74) is 2.08. The molecule has 0 spiro atoms. The molecule has 4 nitrogen and oxygen atoms in total. The minimum Gasteiger partial charge on any atom is -0.497 e. The fourth-order valence-electron chi connectivity index (χ4n) is 3.09. The van der Waals surface area contributed by atoms with E-state index >= 15 is 0 Å². The van der Waals surface area contributed by atoms with Gasteiger partial charge >= 0.3 is 0 Å². The van der Waals surface area contributed by atoms with Gasteiger partial charge in [-0.2, -0.15) is 0 Å². The molecule has 0 aliphatic heterocycles. The predicted molar refractivity (Wildman–Crippen MR) is 108 cm³/mol. The van der Waals surface area contributed by atoms with Crippen LogP contribution in [0.2, 0.25) is 0 Å². The van der Waals surface area contributed by atoms with Gasteiger partial charge in [-0.1, -0.05) is 48.5 Å². The summed E-state index contributed by atoms with van der Waals surface area (Å²) in [5, 5.41) is 0.813. The molecule has 4 aromatic rings. The quantitative estimate of drug-likeness (QED) is 0.480. The number of fused-ring (bicyclic) bond motifs is 1. The summed E-state index contributed by atoms with van der Waals surface area (Å²) in [6.07, 6.45) is 0. The van der Waals surface area contributed by atoms with Gasteiger partial charge in [-0.25, -0.2) is 4.98 Å². The second-order valence-electron chi connectivity index (χ2n) is 6.33. The number of aromatic nitrogens is 1. The highest BCUT2D eigenvalue weighted by molar-refractivity contribution is 6.19. The van der Waals surface area contributed by atoms with Gasteiger partial charge in [-0.05, 0) is 36.4 Å². The molecule has 0 N–H and O–H groups in total. The number of hydrogen-bond acceptors (Lipinski definition) is 4. The Balaban J connectivity index is 1.87. The molecule has 0 aliphatic carbocycles. The Labute approximate surface area is 162 Å². The van der Waals surface area contributed by atoms with E-state index in [9.17, 15) is 9.59 Å². The molecule has 0 radical (unpaired) electrons. The summed E-state index contributed by atoms with van der Waals surface area (Å²) in [6.45, 7) is 0. The molecule has 0 fully saturated rings. The molecule has 0 bridgehead atoms. The van der Waals surface area contributed by atoms with E-state index < -0.39 is 0 Å². The van der Waals surface area contributed by atoms with Crippen molar-refractivity contribution in [3.63, 3.8) is 0 Å². The van der Waals surface area contributed by atoms with E-state index in [4.69, 9.17) is 4.74 Å². The van der Waals surface area contributed by atoms with Crippen LogP contribution in [0.5, 0.6) is 5.75 Å². The number of pyridine rings is 1. The lowest BCUT2D eigenvalue weighted by molar-refractivity contribution is 0.1000. The van der Waals surface area contributed by atoms with E-state index in [-0.39, 0.29) is 17.3 Å². The van der Waals surface area contributed by atoms with Crippen LogP contribution in [0.1, 0.15) is 32.0 Å². The molecule has 0 atom stereocenters. The number of carbonyl (C=O) groups excluding carboxylic acids is 2. The molecule has 0 aliphatic rings. The number of hydrogen-bond donors (Lipinski definition) is 0. The lowest BCUT2D eigenvalue weighted by Gasteiger charge is -2.10. The van der Waals surface area contributed by atoms with E-state index in [0.29, 0.717) is 28.0 Å². The van der Waals surface area contributed by atoms with Gasteiger partial charge in [-0.3, -0.25) is 9.59 Å². The van der Waals surface area contributed by atoms with Crippen LogP contribution in [0.4, 0.5) is 0 Å². The maximum absolute atomic E-state index is 13.2. The summed E-state index contributed by atoms with van der Waals surface area (Å²) < 4.78 is 5.15.